The lowest BCUT2D eigenvalue weighted by atomic mass is 10.1. The van der Waals surface area contributed by atoms with E-state index in [-0.39, 0.29) is 35.3 Å². The van der Waals surface area contributed by atoms with Crippen molar-refractivity contribution in [3.8, 4) is 0 Å². The summed E-state index contributed by atoms with van der Waals surface area (Å²) in [7, 11) is -1.63. The molecule has 0 unspecified atom stereocenters. The van der Waals surface area contributed by atoms with Crippen LogP contribution < -0.4 is 10.6 Å². The summed E-state index contributed by atoms with van der Waals surface area (Å²) in [5, 5.41) is 6.55. The number of hydrogen-bond acceptors (Lipinski definition) is 4. The highest BCUT2D eigenvalue weighted by molar-refractivity contribution is 14.0. The van der Waals surface area contributed by atoms with Crippen LogP contribution in [0.1, 0.15) is 31.9 Å². The zero-order valence-electron chi connectivity index (χ0n) is 16.5. The van der Waals surface area contributed by atoms with Gasteiger partial charge < -0.3 is 15.4 Å². The number of ether oxygens (including phenoxy) is 1. The van der Waals surface area contributed by atoms with E-state index in [1.807, 2.05) is 24.3 Å². The Balaban J connectivity index is 0.00000364. The van der Waals surface area contributed by atoms with Gasteiger partial charge in [0.05, 0.1) is 19.0 Å². The Hall–Kier alpha value is -0.910. The number of hydrogen-bond donors (Lipinski definition) is 2. The summed E-state index contributed by atoms with van der Waals surface area (Å²) in [5.74, 6) is 0.680. The van der Waals surface area contributed by atoms with Crippen molar-refractivity contribution in [2.45, 2.75) is 38.6 Å². The molecule has 1 aliphatic heterocycles. The van der Waals surface area contributed by atoms with Crippen LogP contribution in [-0.2, 0) is 27.1 Å². The molecule has 0 saturated carbocycles. The molecule has 1 saturated heterocycles. The summed E-state index contributed by atoms with van der Waals surface area (Å²) in [6.07, 6.45) is 0. The molecule has 1 aliphatic rings. The van der Waals surface area contributed by atoms with E-state index in [4.69, 9.17) is 4.74 Å². The maximum Gasteiger partial charge on any atom is 0.218 e. The molecule has 0 spiro atoms. The Labute approximate surface area is 180 Å². The third-order valence-corrected chi connectivity index (χ3v) is 5.81. The Bertz CT molecular complexity index is 726. The highest BCUT2D eigenvalue weighted by Crippen LogP contribution is 2.16. The molecule has 2 N–H and O–H groups in total. The first-order valence-electron chi connectivity index (χ1n) is 8.82. The number of benzene rings is 1. The third kappa shape index (κ3) is 7.92. The van der Waals surface area contributed by atoms with Crippen LogP contribution in [0.15, 0.2) is 29.3 Å². The molecule has 0 aliphatic carbocycles. The summed E-state index contributed by atoms with van der Waals surface area (Å²) in [4.78, 5) is 4.22. The van der Waals surface area contributed by atoms with Gasteiger partial charge in [0.25, 0.3) is 0 Å². The van der Waals surface area contributed by atoms with Crippen LogP contribution in [0.5, 0.6) is 0 Å². The highest BCUT2D eigenvalue weighted by Gasteiger charge is 2.25. The first-order chi connectivity index (χ1) is 12.2. The number of aliphatic imine (C=N–C) groups is 1. The predicted octanol–water partition coefficient (Wildman–Crippen LogP) is 1.93. The van der Waals surface area contributed by atoms with Gasteiger partial charge in [0.2, 0.25) is 10.0 Å². The van der Waals surface area contributed by atoms with E-state index in [1.165, 1.54) is 4.31 Å². The van der Waals surface area contributed by atoms with Gasteiger partial charge in [-0.05, 0) is 31.9 Å². The lowest BCUT2D eigenvalue weighted by molar-refractivity contribution is 0.0729. The van der Waals surface area contributed by atoms with E-state index < -0.39 is 10.0 Å². The number of sulfonamides is 1. The van der Waals surface area contributed by atoms with Crippen LogP contribution in [-0.4, -0.2) is 57.6 Å². The summed E-state index contributed by atoms with van der Waals surface area (Å²) >= 11 is 0. The Kier molecular flexibility index (Phi) is 9.46. The van der Waals surface area contributed by atoms with E-state index in [1.54, 1.807) is 7.05 Å². The minimum Gasteiger partial charge on any atom is -0.379 e. The van der Waals surface area contributed by atoms with Crippen LogP contribution in [0.3, 0.4) is 0 Å². The van der Waals surface area contributed by atoms with E-state index in [2.05, 4.69) is 36.4 Å². The lowest BCUT2D eigenvalue weighted by Crippen LogP contribution is -2.47. The number of nitrogens with zero attached hydrogens (tertiary/aromatic N) is 2. The maximum absolute atomic E-state index is 12.7. The first-order valence-corrected chi connectivity index (χ1v) is 10.4. The quantitative estimate of drug-likeness (QED) is 0.360. The Morgan fingerprint density at radius 3 is 2.33 bits per heavy atom. The number of halogens is 1. The fraction of sp³-hybridized carbons (Fsp3) is 0.611. The van der Waals surface area contributed by atoms with E-state index in [9.17, 15) is 8.42 Å². The number of guanidine groups is 1. The fourth-order valence-electron chi connectivity index (χ4n) is 2.70. The molecule has 0 bridgehead atoms. The molecular weight excluding hydrogens is 479 g/mol. The van der Waals surface area contributed by atoms with Crippen molar-refractivity contribution in [3.63, 3.8) is 0 Å². The van der Waals surface area contributed by atoms with Crippen molar-refractivity contribution < 1.29 is 13.2 Å². The number of morpholine rings is 1. The molecule has 0 radical (unpaired) electrons. The molecular formula is C18H31IN4O3S. The number of rotatable bonds is 5. The SMILES string of the molecule is CN=C(NCc1ccccc1CS(=O)(=O)N1CCOCC1)NC(C)(C)C.I. The van der Waals surface area contributed by atoms with Crippen molar-refractivity contribution in [1.82, 2.24) is 14.9 Å². The minimum absolute atomic E-state index is 0. The normalized spacial score (nSPS) is 16.5. The smallest absolute Gasteiger partial charge is 0.218 e. The maximum atomic E-state index is 12.7. The topological polar surface area (TPSA) is 83.0 Å². The summed E-state index contributed by atoms with van der Waals surface area (Å²) < 4.78 is 32.2. The average molecular weight is 510 g/mol. The fourth-order valence-corrected chi connectivity index (χ4v) is 4.26. The average Bonchev–Trinajstić information content (AvgIpc) is 2.59. The summed E-state index contributed by atoms with van der Waals surface area (Å²) in [6.45, 7) is 8.43. The van der Waals surface area contributed by atoms with Crippen molar-refractivity contribution >= 4 is 40.0 Å². The standard InChI is InChI=1S/C18H30N4O3S.HI/c1-18(2,3)21-17(19-4)20-13-15-7-5-6-8-16(15)14-26(23,24)22-9-11-25-12-10-22;/h5-8H,9-14H2,1-4H3,(H2,19,20,21);1H. The van der Waals surface area contributed by atoms with E-state index in [0.717, 1.165) is 11.1 Å². The van der Waals surface area contributed by atoms with Crippen LogP contribution in [0.4, 0.5) is 0 Å². The van der Waals surface area contributed by atoms with Crippen LogP contribution >= 0.6 is 24.0 Å². The molecule has 1 heterocycles. The van der Waals surface area contributed by atoms with Gasteiger partial charge in [-0.2, -0.15) is 4.31 Å². The third-order valence-electron chi connectivity index (χ3n) is 3.98. The van der Waals surface area contributed by atoms with Crippen molar-refractivity contribution in [3.05, 3.63) is 35.4 Å². The molecule has 7 nitrogen and oxygen atoms in total. The molecule has 1 fully saturated rings. The van der Waals surface area contributed by atoms with Gasteiger partial charge in [-0.3, -0.25) is 4.99 Å². The van der Waals surface area contributed by atoms with Gasteiger partial charge in [0.1, 0.15) is 0 Å². The first kappa shape index (κ1) is 24.1. The van der Waals surface area contributed by atoms with Crippen molar-refractivity contribution in [2.75, 3.05) is 33.4 Å². The van der Waals surface area contributed by atoms with Crippen LogP contribution in [0.2, 0.25) is 0 Å². The van der Waals surface area contributed by atoms with Gasteiger partial charge in [-0.1, -0.05) is 24.3 Å². The molecule has 1 aromatic carbocycles. The molecule has 0 atom stereocenters. The van der Waals surface area contributed by atoms with E-state index in [0.29, 0.717) is 38.8 Å². The number of nitrogens with one attached hydrogen (secondary N) is 2. The molecule has 27 heavy (non-hydrogen) atoms. The van der Waals surface area contributed by atoms with Gasteiger partial charge in [0, 0.05) is 32.2 Å². The largest absolute Gasteiger partial charge is 0.379 e. The lowest BCUT2D eigenvalue weighted by Gasteiger charge is -2.26. The molecule has 2 rings (SSSR count). The van der Waals surface area contributed by atoms with Crippen LogP contribution in [0, 0.1) is 0 Å². The predicted molar refractivity (Wildman–Crippen MR) is 120 cm³/mol. The summed E-state index contributed by atoms with van der Waals surface area (Å²) in [5.41, 5.74) is 1.64. The van der Waals surface area contributed by atoms with E-state index >= 15 is 0 Å². The second-order valence-electron chi connectivity index (χ2n) is 7.34. The molecule has 1 aromatic rings. The highest BCUT2D eigenvalue weighted by atomic mass is 127. The molecule has 154 valence electrons. The van der Waals surface area contributed by atoms with Gasteiger partial charge >= 0.3 is 0 Å². The minimum atomic E-state index is -3.35. The molecule has 9 heteroatoms. The summed E-state index contributed by atoms with van der Waals surface area (Å²) in [6, 6.07) is 7.61. The Morgan fingerprint density at radius 2 is 1.78 bits per heavy atom. The van der Waals surface area contributed by atoms with Gasteiger partial charge in [-0.15, -0.1) is 24.0 Å². The second-order valence-corrected chi connectivity index (χ2v) is 9.31. The van der Waals surface area contributed by atoms with Crippen molar-refractivity contribution in [1.29, 1.82) is 0 Å². The van der Waals surface area contributed by atoms with Crippen molar-refractivity contribution in [2.24, 2.45) is 4.99 Å². The zero-order valence-corrected chi connectivity index (χ0v) is 19.6. The van der Waals surface area contributed by atoms with Crippen LogP contribution in [0.25, 0.3) is 0 Å². The monoisotopic (exact) mass is 510 g/mol. The Morgan fingerprint density at radius 1 is 1.19 bits per heavy atom. The van der Waals surface area contributed by atoms with Gasteiger partial charge in [-0.25, -0.2) is 8.42 Å². The van der Waals surface area contributed by atoms with Gasteiger partial charge in [0.15, 0.2) is 5.96 Å². The zero-order chi connectivity index (χ0) is 19.2. The molecule has 0 amide bonds. The molecule has 0 aromatic heterocycles. The second kappa shape index (κ2) is 10.6.